The molecule has 2 aromatic carbocycles. The van der Waals surface area contributed by atoms with Gasteiger partial charge in [0, 0.05) is 50.5 Å². The van der Waals surface area contributed by atoms with Gasteiger partial charge in [-0.2, -0.15) is 0 Å². The molecule has 2 aromatic rings. The van der Waals surface area contributed by atoms with Crippen LogP contribution in [0.2, 0.25) is 0 Å². The molecule has 8 heteroatoms. The predicted molar refractivity (Wildman–Crippen MR) is 147 cm³/mol. The first-order chi connectivity index (χ1) is 18.3. The van der Waals surface area contributed by atoms with Crippen LogP contribution in [0.15, 0.2) is 72.5 Å². The summed E-state index contributed by atoms with van der Waals surface area (Å²) in [7, 11) is 0. The Morgan fingerprint density at radius 3 is 2.37 bits per heavy atom. The Morgan fingerprint density at radius 1 is 1.05 bits per heavy atom. The van der Waals surface area contributed by atoms with Gasteiger partial charge in [-0.05, 0) is 44.0 Å². The number of ether oxygens (including phenoxy) is 1. The standard InChI is InChI=1S/C30H36N4O4/c1-5-15-34-25(20-32-16-18-33(19-17-32)28(35)23-13-11-21(3)12-14-23)26(29(36)38-6-2)27(31-30(34)37)24-10-8-7-9-22(24)4/h5,7-14,27H,1,6,15-20H2,2-4H3,(H,31,37). The number of amides is 3. The van der Waals surface area contributed by atoms with Crippen LogP contribution in [0.4, 0.5) is 4.79 Å². The lowest BCUT2D eigenvalue weighted by Crippen LogP contribution is -2.54. The van der Waals surface area contributed by atoms with E-state index in [-0.39, 0.29) is 25.1 Å². The fourth-order valence-electron chi connectivity index (χ4n) is 4.99. The number of nitrogens with one attached hydrogen (secondary N) is 1. The zero-order valence-electron chi connectivity index (χ0n) is 22.4. The van der Waals surface area contributed by atoms with Gasteiger partial charge in [0.2, 0.25) is 0 Å². The molecule has 1 N–H and O–H groups in total. The summed E-state index contributed by atoms with van der Waals surface area (Å²) >= 11 is 0. The van der Waals surface area contributed by atoms with Crippen molar-refractivity contribution in [3.63, 3.8) is 0 Å². The Hall–Kier alpha value is -3.91. The Balaban J connectivity index is 1.62. The largest absolute Gasteiger partial charge is 0.463 e. The summed E-state index contributed by atoms with van der Waals surface area (Å²) in [6, 6.07) is 14.4. The summed E-state index contributed by atoms with van der Waals surface area (Å²) < 4.78 is 5.49. The molecular formula is C30H36N4O4. The summed E-state index contributed by atoms with van der Waals surface area (Å²) in [5, 5.41) is 3.02. The minimum absolute atomic E-state index is 0.0148. The van der Waals surface area contributed by atoms with Gasteiger partial charge in [0.05, 0.1) is 18.2 Å². The summed E-state index contributed by atoms with van der Waals surface area (Å²) in [6.07, 6.45) is 1.65. The highest BCUT2D eigenvalue weighted by atomic mass is 16.5. The van der Waals surface area contributed by atoms with Crippen LogP contribution in [0.3, 0.4) is 0 Å². The quantitative estimate of drug-likeness (QED) is 0.426. The van der Waals surface area contributed by atoms with E-state index in [1.165, 1.54) is 0 Å². The highest BCUT2D eigenvalue weighted by Crippen LogP contribution is 2.33. The van der Waals surface area contributed by atoms with Gasteiger partial charge < -0.3 is 15.0 Å². The van der Waals surface area contributed by atoms with Gasteiger partial charge in [0.1, 0.15) is 0 Å². The molecule has 0 spiro atoms. The van der Waals surface area contributed by atoms with Crippen LogP contribution in [0, 0.1) is 13.8 Å². The van der Waals surface area contributed by atoms with Gasteiger partial charge in [0.15, 0.2) is 0 Å². The van der Waals surface area contributed by atoms with Crippen LogP contribution in [0.25, 0.3) is 0 Å². The van der Waals surface area contributed by atoms with E-state index in [4.69, 9.17) is 4.74 Å². The first-order valence-corrected chi connectivity index (χ1v) is 13.1. The number of piperazine rings is 1. The number of urea groups is 1. The molecule has 4 rings (SSSR count). The van der Waals surface area contributed by atoms with Gasteiger partial charge in [-0.3, -0.25) is 14.6 Å². The third-order valence-corrected chi connectivity index (χ3v) is 7.08. The van der Waals surface area contributed by atoms with Crippen molar-refractivity contribution in [1.29, 1.82) is 0 Å². The molecule has 200 valence electrons. The number of carbonyl (C=O) groups excluding carboxylic acids is 3. The summed E-state index contributed by atoms with van der Waals surface area (Å²) in [4.78, 5) is 45.3. The zero-order valence-corrected chi connectivity index (χ0v) is 22.4. The van der Waals surface area contributed by atoms with Gasteiger partial charge >= 0.3 is 12.0 Å². The van der Waals surface area contributed by atoms with Gasteiger partial charge in [0.25, 0.3) is 5.91 Å². The van der Waals surface area contributed by atoms with E-state index in [9.17, 15) is 14.4 Å². The number of carbonyl (C=O) groups is 3. The lowest BCUT2D eigenvalue weighted by molar-refractivity contribution is -0.139. The molecule has 0 aromatic heterocycles. The molecule has 1 fully saturated rings. The first-order valence-electron chi connectivity index (χ1n) is 13.1. The molecule has 1 saturated heterocycles. The molecule has 2 aliphatic heterocycles. The molecule has 3 amide bonds. The van der Waals surface area contributed by atoms with Crippen LogP contribution in [0.5, 0.6) is 0 Å². The lowest BCUT2D eigenvalue weighted by Gasteiger charge is -2.40. The van der Waals surface area contributed by atoms with Crippen LogP contribution in [-0.4, -0.2) is 78.5 Å². The second-order valence-corrected chi connectivity index (χ2v) is 9.65. The Labute approximate surface area is 224 Å². The maximum absolute atomic E-state index is 13.4. The second-order valence-electron chi connectivity index (χ2n) is 9.65. The molecule has 0 radical (unpaired) electrons. The maximum atomic E-state index is 13.4. The first kappa shape index (κ1) is 27.1. The van der Waals surface area contributed by atoms with Gasteiger partial charge in [-0.15, -0.1) is 6.58 Å². The number of nitrogens with zero attached hydrogens (tertiary/aromatic N) is 3. The number of aryl methyl sites for hydroxylation is 2. The smallest absolute Gasteiger partial charge is 0.338 e. The number of rotatable bonds is 8. The average molecular weight is 517 g/mol. The molecule has 1 unspecified atom stereocenters. The van der Waals surface area contributed by atoms with Crippen molar-refractivity contribution in [2.75, 3.05) is 45.9 Å². The fourth-order valence-corrected chi connectivity index (χ4v) is 4.99. The van der Waals surface area contributed by atoms with Crippen molar-refractivity contribution < 1.29 is 19.1 Å². The molecule has 2 heterocycles. The van der Waals surface area contributed by atoms with Crippen molar-refractivity contribution in [1.82, 2.24) is 20.0 Å². The molecule has 0 aliphatic carbocycles. The van der Waals surface area contributed by atoms with E-state index in [2.05, 4.69) is 16.8 Å². The van der Waals surface area contributed by atoms with Gasteiger partial charge in [-0.25, -0.2) is 9.59 Å². The second kappa shape index (κ2) is 12.1. The highest BCUT2D eigenvalue weighted by Gasteiger charge is 2.39. The Bertz CT molecular complexity index is 1230. The number of hydrogen-bond donors (Lipinski definition) is 1. The monoisotopic (exact) mass is 516 g/mol. The van der Waals surface area contributed by atoms with Crippen molar-refractivity contribution in [2.45, 2.75) is 26.8 Å². The van der Waals surface area contributed by atoms with E-state index in [0.717, 1.165) is 16.7 Å². The number of esters is 1. The minimum atomic E-state index is -0.622. The summed E-state index contributed by atoms with van der Waals surface area (Å²) in [5.41, 5.74) is 4.66. The molecule has 8 nitrogen and oxygen atoms in total. The van der Waals surface area contributed by atoms with Crippen molar-refractivity contribution in [3.8, 4) is 0 Å². The minimum Gasteiger partial charge on any atom is -0.463 e. The molecule has 1 atom stereocenters. The van der Waals surface area contributed by atoms with Crippen LogP contribution in [0.1, 0.15) is 40.0 Å². The average Bonchev–Trinajstić information content (AvgIpc) is 2.91. The molecular weight excluding hydrogens is 480 g/mol. The Kier molecular flexibility index (Phi) is 8.63. The Morgan fingerprint density at radius 2 is 1.74 bits per heavy atom. The third kappa shape index (κ3) is 5.81. The van der Waals surface area contributed by atoms with E-state index >= 15 is 0 Å². The number of benzene rings is 2. The normalized spacial score (nSPS) is 18.3. The van der Waals surface area contributed by atoms with Gasteiger partial charge in [-0.1, -0.05) is 48.0 Å². The van der Waals surface area contributed by atoms with Crippen LogP contribution < -0.4 is 5.32 Å². The van der Waals surface area contributed by atoms with Crippen LogP contribution >= 0.6 is 0 Å². The summed E-state index contributed by atoms with van der Waals surface area (Å²) in [5.74, 6) is -0.431. The maximum Gasteiger partial charge on any atom is 0.338 e. The van der Waals surface area contributed by atoms with Crippen LogP contribution in [-0.2, 0) is 9.53 Å². The zero-order chi connectivity index (χ0) is 27.2. The molecule has 2 aliphatic rings. The number of hydrogen-bond acceptors (Lipinski definition) is 5. The van der Waals surface area contributed by atoms with E-state index in [0.29, 0.717) is 49.6 Å². The lowest BCUT2D eigenvalue weighted by atomic mass is 9.91. The fraction of sp³-hybridized carbons (Fsp3) is 0.367. The molecule has 0 saturated carbocycles. The predicted octanol–water partition coefficient (Wildman–Crippen LogP) is 3.83. The van der Waals surface area contributed by atoms with Crippen molar-refractivity contribution in [2.24, 2.45) is 0 Å². The van der Waals surface area contributed by atoms with Crippen molar-refractivity contribution in [3.05, 3.63) is 94.7 Å². The highest BCUT2D eigenvalue weighted by molar-refractivity contribution is 5.95. The van der Waals surface area contributed by atoms with E-state index < -0.39 is 12.0 Å². The molecule has 38 heavy (non-hydrogen) atoms. The SMILES string of the molecule is C=CCN1C(=O)NC(c2ccccc2C)C(C(=O)OCC)=C1CN1CCN(C(=O)c2ccc(C)cc2)CC1. The van der Waals surface area contributed by atoms with E-state index in [1.54, 1.807) is 17.9 Å². The molecule has 0 bridgehead atoms. The third-order valence-electron chi connectivity index (χ3n) is 7.08. The summed E-state index contributed by atoms with van der Waals surface area (Å²) in [6.45, 7) is 12.8. The van der Waals surface area contributed by atoms with E-state index in [1.807, 2.05) is 67.3 Å². The topological polar surface area (TPSA) is 82.2 Å². The van der Waals surface area contributed by atoms with Crippen molar-refractivity contribution >= 4 is 17.9 Å².